The molecule has 3 atom stereocenters. The van der Waals surface area contributed by atoms with Gasteiger partial charge in [-0.25, -0.2) is 0 Å². The Balaban J connectivity index is 2.13. The van der Waals surface area contributed by atoms with Crippen molar-refractivity contribution in [3.8, 4) is 0 Å². The molecule has 2 unspecified atom stereocenters. The molecule has 7 heteroatoms. The quantitative estimate of drug-likeness (QED) is 0.463. The van der Waals surface area contributed by atoms with Crippen LogP contribution in [0.1, 0.15) is 108 Å². The maximum absolute atomic E-state index is 13.1. The summed E-state index contributed by atoms with van der Waals surface area (Å²) in [4.78, 5) is 5.08. The average Bonchev–Trinajstić information content (AvgIpc) is 2.70. The van der Waals surface area contributed by atoms with Crippen molar-refractivity contribution in [2.45, 2.75) is 106 Å². The highest BCUT2D eigenvalue weighted by atomic mass is 19.4. The number of hydrogen-bond donors (Lipinski definition) is 2. The van der Waals surface area contributed by atoms with Crippen molar-refractivity contribution in [2.24, 2.45) is 10.8 Å². The van der Waals surface area contributed by atoms with Crippen molar-refractivity contribution in [1.82, 2.24) is 10.3 Å². The topological polar surface area (TPSA) is 54.4 Å². The number of fused-ring (bicyclic) bond motifs is 1. The highest BCUT2D eigenvalue weighted by molar-refractivity contribution is 5.48. The lowest BCUT2D eigenvalue weighted by Gasteiger charge is -2.41. The summed E-state index contributed by atoms with van der Waals surface area (Å²) < 4.78 is 45.8. The molecule has 0 amide bonds. The van der Waals surface area contributed by atoms with E-state index in [1.807, 2.05) is 20.8 Å². The number of dihydropyridines is 1. The van der Waals surface area contributed by atoms with Crippen LogP contribution in [0.4, 0.5) is 13.2 Å². The molecule has 4 nitrogen and oxygen atoms in total. The largest absolute Gasteiger partial charge is 0.430 e. The summed E-state index contributed by atoms with van der Waals surface area (Å²) >= 11 is 0. The van der Waals surface area contributed by atoms with E-state index in [0.29, 0.717) is 11.1 Å². The van der Waals surface area contributed by atoms with Gasteiger partial charge in [0, 0.05) is 29.1 Å². The highest BCUT2D eigenvalue weighted by Gasteiger charge is 2.40. The second kappa shape index (κ2) is 9.55. The van der Waals surface area contributed by atoms with Gasteiger partial charge in [-0.2, -0.15) is 13.2 Å². The molecule has 0 spiro atoms. The number of aliphatic hydroxyl groups is 1. The Labute approximate surface area is 208 Å². The third kappa shape index (κ3) is 5.93. The van der Waals surface area contributed by atoms with E-state index in [2.05, 4.69) is 46.9 Å². The first-order valence-electron chi connectivity index (χ1n) is 12.5. The molecule has 1 aliphatic carbocycles. The van der Waals surface area contributed by atoms with E-state index >= 15 is 0 Å². The molecule has 3 rings (SSSR count). The van der Waals surface area contributed by atoms with Crippen LogP contribution in [0.2, 0.25) is 0 Å². The molecule has 196 valence electrons. The van der Waals surface area contributed by atoms with Gasteiger partial charge in [0.25, 0.3) is 0 Å². The minimum atomic E-state index is -4.44. The van der Waals surface area contributed by atoms with Gasteiger partial charge in [0.15, 0.2) is 0 Å². The maximum Gasteiger partial charge on any atom is 0.430 e. The van der Waals surface area contributed by atoms with Crippen LogP contribution in [0.5, 0.6) is 0 Å². The Kier molecular flexibility index (Phi) is 7.56. The van der Waals surface area contributed by atoms with Crippen LogP contribution < -0.4 is 5.32 Å². The fourth-order valence-electron chi connectivity index (χ4n) is 4.94. The first-order valence-corrected chi connectivity index (χ1v) is 12.5. The molecule has 0 radical (unpaired) electrons. The number of halogens is 3. The molecule has 0 saturated heterocycles. The summed E-state index contributed by atoms with van der Waals surface area (Å²) in [5.41, 5.74) is 4.09. The number of aromatic nitrogens is 1. The van der Waals surface area contributed by atoms with Crippen molar-refractivity contribution in [1.29, 1.82) is 0 Å². The fraction of sp³-hybridized carbons (Fsp3) is 0.679. The van der Waals surface area contributed by atoms with Crippen LogP contribution in [-0.2, 0) is 11.2 Å². The van der Waals surface area contributed by atoms with Gasteiger partial charge in [-0.1, -0.05) is 54.5 Å². The molecule has 2 N–H and O–H groups in total. The fourth-order valence-corrected chi connectivity index (χ4v) is 4.94. The summed E-state index contributed by atoms with van der Waals surface area (Å²) in [6.45, 7) is 19.0. The number of allylic oxidation sites excluding steroid dienone is 3. The van der Waals surface area contributed by atoms with Gasteiger partial charge in [0.1, 0.15) is 11.8 Å². The third-order valence-electron chi connectivity index (χ3n) is 7.37. The molecule has 0 aromatic carbocycles. The molecule has 2 aliphatic rings. The monoisotopic (exact) mass is 494 g/mol. The van der Waals surface area contributed by atoms with Gasteiger partial charge in [0.05, 0.1) is 12.2 Å². The van der Waals surface area contributed by atoms with Crippen molar-refractivity contribution in [3.63, 3.8) is 0 Å². The molecule has 0 saturated carbocycles. The first-order chi connectivity index (χ1) is 15.9. The number of alkyl halides is 3. The van der Waals surface area contributed by atoms with Crippen molar-refractivity contribution >= 4 is 0 Å². The summed E-state index contributed by atoms with van der Waals surface area (Å²) in [6.07, 6.45) is -1.64. The lowest BCUT2D eigenvalue weighted by Crippen LogP contribution is -2.35. The van der Waals surface area contributed by atoms with E-state index in [1.54, 1.807) is 0 Å². The van der Waals surface area contributed by atoms with Crippen LogP contribution >= 0.6 is 0 Å². The molecular weight excluding hydrogens is 453 g/mol. The second-order valence-electron chi connectivity index (χ2n) is 12.3. The van der Waals surface area contributed by atoms with Crippen LogP contribution in [0.3, 0.4) is 0 Å². The average molecular weight is 495 g/mol. The Morgan fingerprint density at radius 1 is 1.14 bits per heavy atom. The Morgan fingerprint density at radius 3 is 2.26 bits per heavy atom. The molecule has 1 aromatic rings. The molecule has 1 aliphatic heterocycles. The number of hydrogen-bond acceptors (Lipinski definition) is 4. The van der Waals surface area contributed by atoms with E-state index in [9.17, 15) is 18.3 Å². The number of ether oxygens (including phenoxy) is 1. The number of pyridine rings is 1. The zero-order valence-corrected chi connectivity index (χ0v) is 22.5. The third-order valence-corrected chi connectivity index (χ3v) is 7.37. The minimum absolute atomic E-state index is 0.00276. The number of rotatable bonds is 5. The van der Waals surface area contributed by atoms with Gasteiger partial charge in [0.2, 0.25) is 0 Å². The van der Waals surface area contributed by atoms with Gasteiger partial charge in [-0.05, 0) is 60.6 Å². The van der Waals surface area contributed by atoms with E-state index in [4.69, 9.17) is 9.72 Å². The van der Waals surface area contributed by atoms with Crippen LogP contribution in [0, 0.1) is 17.8 Å². The Hall–Kier alpha value is -1.86. The molecule has 1 aromatic heterocycles. The summed E-state index contributed by atoms with van der Waals surface area (Å²) in [5, 5.41) is 13.9. The van der Waals surface area contributed by atoms with Crippen LogP contribution in [0.15, 0.2) is 23.4 Å². The Bertz CT molecular complexity index is 1020. The van der Waals surface area contributed by atoms with Gasteiger partial charge in [-0.15, -0.1) is 0 Å². The number of nitrogens with one attached hydrogen (secondary N) is 1. The molecule has 2 heterocycles. The summed E-state index contributed by atoms with van der Waals surface area (Å²) in [5.74, 6) is 0.0417. The molecular formula is C28H41F3N2O2. The van der Waals surface area contributed by atoms with Gasteiger partial charge in [-0.3, -0.25) is 4.98 Å². The SMILES string of the molecule is Cc1c2c(nc(C(C)C)c1[C@H](O)C1=CC=C(C(F)(F)F)NC1)CC(C)(C)CC2OC(C)C(C)(C)C. The summed E-state index contributed by atoms with van der Waals surface area (Å²) in [6, 6.07) is 0. The lowest BCUT2D eigenvalue weighted by molar-refractivity contribution is -0.0968. The van der Waals surface area contributed by atoms with Crippen LogP contribution in [-0.4, -0.2) is 28.9 Å². The molecule has 0 fully saturated rings. The van der Waals surface area contributed by atoms with E-state index in [0.717, 1.165) is 41.4 Å². The Morgan fingerprint density at radius 2 is 1.77 bits per heavy atom. The van der Waals surface area contributed by atoms with Crippen molar-refractivity contribution in [3.05, 3.63) is 51.5 Å². The predicted octanol–water partition coefficient (Wildman–Crippen LogP) is 6.99. The highest BCUT2D eigenvalue weighted by Crippen LogP contribution is 2.47. The molecule has 35 heavy (non-hydrogen) atoms. The summed E-state index contributed by atoms with van der Waals surface area (Å²) in [7, 11) is 0. The maximum atomic E-state index is 13.1. The standard InChI is InChI=1S/C28H41F3N2O2/c1-15(2)24-23(25(34)18-10-11-21(32-14-18)28(29,30)31)16(3)22-19(33-24)12-27(8,9)13-20(22)35-17(4)26(5,6)7/h10-11,15,17,20,25,32,34H,12-14H2,1-9H3/t17?,20?,25-/m1/s1. The number of aliphatic hydroxyl groups excluding tert-OH is 1. The normalized spacial score (nSPS) is 22.2. The smallest absolute Gasteiger partial charge is 0.384 e. The second-order valence-corrected chi connectivity index (χ2v) is 12.3. The van der Waals surface area contributed by atoms with E-state index in [1.165, 1.54) is 6.08 Å². The molecule has 0 bridgehead atoms. The van der Waals surface area contributed by atoms with E-state index < -0.39 is 18.0 Å². The minimum Gasteiger partial charge on any atom is -0.384 e. The zero-order valence-electron chi connectivity index (χ0n) is 22.5. The van der Waals surface area contributed by atoms with E-state index in [-0.39, 0.29) is 35.5 Å². The van der Waals surface area contributed by atoms with Crippen molar-refractivity contribution in [2.75, 3.05) is 6.54 Å². The van der Waals surface area contributed by atoms with Gasteiger partial charge < -0.3 is 15.2 Å². The van der Waals surface area contributed by atoms with Gasteiger partial charge >= 0.3 is 6.18 Å². The first kappa shape index (κ1) is 27.7. The number of nitrogens with zero attached hydrogens (tertiary/aromatic N) is 1. The van der Waals surface area contributed by atoms with Crippen LogP contribution in [0.25, 0.3) is 0 Å². The predicted molar refractivity (Wildman–Crippen MR) is 133 cm³/mol. The zero-order chi connectivity index (χ0) is 26.5. The lowest BCUT2D eigenvalue weighted by atomic mass is 9.72. The van der Waals surface area contributed by atoms with Crippen molar-refractivity contribution < 1.29 is 23.0 Å².